The Morgan fingerprint density at radius 1 is 1.38 bits per heavy atom. The summed E-state index contributed by atoms with van der Waals surface area (Å²) in [5.74, 6) is 0. The van der Waals surface area contributed by atoms with Gasteiger partial charge in [-0.3, -0.25) is 0 Å². The summed E-state index contributed by atoms with van der Waals surface area (Å²) >= 11 is 0. The third-order valence-corrected chi connectivity index (χ3v) is 3.74. The van der Waals surface area contributed by atoms with Crippen LogP contribution in [0.4, 0.5) is 0 Å². The molecule has 0 saturated carbocycles. The second-order valence-corrected chi connectivity index (χ2v) is 4.97. The Bertz CT molecular complexity index is 231. The van der Waals surface area contributed by atoms with Gasteiger partial charge < -0.3 is 10.1 Å². The summed E-state index contributed by atoms with van der Waals surface area (Å²) in [5, 5.41) is 3.63. The van der Waals surface area contributed by atoms with E-state index in [1.165, 1.54) is 44.9 Å². The van der Waals surface area contributed by atoms with Crippen molar-refractivity contribution < 1.29 is 4.74 Å². The van der Waals surface area contributed by atoms with Gasteiger partial charge in [-0.2, -0.15) is 0 Å². The van der Waals surface area contributed by atoms with Crippen molar-refractivity contribution in [2.75, 3.05) is 13.2 Å². The standard InChI is InChI=1S/C14H25NO/c1-2-15-14(12-8-4-3-5-9-12)13-10-6-7-11-16-13/h8,13-15H,2-7,9-11H2,1H3. The molecule has 1 aliphatic carbocycles. The van der Waals surface area contributed by atoms with Crippen LogP contribution in [0.15, 0.2) is 11.6 Å². The fourth-order valence-electron chi connectivity index (χ4n) is 2.90. The molecular weight excluding hydrogens is 198 g/mol. The van der Waals surface area contributed by atoms with Crippen LogP contribution in [0.5, 0.6) is 0 Å². The van der Waals surface area contributed by atoms with Crippen molar-refractivity contribution in [3.63, 3.8) is 0 Å². The molecule has 16 heavy (non-hydrogen) atoms. The minimum Gasteiger partial charge on any atom is -0.376 e. The van der Waals surface area contributed by atoms with Gasteiger partial charge in [-0.25, -0.2) is 0 Å². The Morgan fingerprint density at radius 3 is 2.94 bits per heavy atom. The number of ether oxygens (including phenoxy) is 1. The van der Waals surface area contributed by atoms with Gasteiger partial charge in [-0.15, -0.1) is 0 Å². The van der Waals surface area contributed by atoms with Crippen LogP contribution in [0.1, 0.15) is 51.9 Å². The average molecular weight is 223 g/mol. The van der Waals surface area contributed by atoms with Crippen molar-refractivity contribution in [2.45, 2.75) is 64.0 Å². The van der Waals surface area contributed by atoms with Gasteiger partial charge in [0.05, 0.1) is 12.1 Å². The SMILES string of the molecule is CCNC(C1=CCCCC1)C1CCCCO1. The predicted octanol–water partition coefficient (Wildman–Crippen LogP) is 3.03. The molecule has 0 aromatic rings. The first kappa shape index (κ1) is 12.1. The molecular formula is C14H25NO. The molecule has 1 heterocycles. The number of hydrogen-bond acceptors (Lipinski definition) is 2. The Kier molecular flexibility index (Phi) is 4.86. The number of rotatable bonds is 4. The quantitative estimate of drug-likeness (QED) is 0.740. The van der Waals surface area contributed by atoms with E-state index in [9.17, 15) is 0 Å². The molecule has 2 nitrogen and oxygen atoms in total. The summed E-state index contributed by atoms with van der Waals surface area (Å²) in [7, 11) is 0. The van der Waals surface area contributed by atoms with Crippen LogP contribution in [0.2, 0.25) is 0 Å². The van der Waals surface area contributed by atoms with Crippen LogP contribution in [-0.4, -0.2) is 25.3 Å². The van der Waals surface area contributed by atoms with Gasteiger partial charge >= 0.3 is 0 Å². The second kappa shape index (κ2) is 6.41. The molecule has 2 atom stereocenters. The summed E-state index contributed by atoms with van der Waals surface area (Å²) in [6.45, 7) is 4.20. The van der Waals surface area contributed by atoms with Crippen molar-refractivity contribution in [2.24, 2.45) is 0 Å². The van der Waals surface area contributed by atoms with Crippen LogP contribution in [0, 0.1) is 0 Å². The Hall–Kier alpha value is -0.340. The van der Waals surface area contributed by atoms with Crippen molar-refractivity contribution in [1.29, 1.82) is 0 Å². The highest BCUT2D eigenvalue weighted by molar-refractivity contribution is 5.15. The van der Waals surface area contributed by atoms with Crippen LogP contribution in [0.3, 0.4) is 0 Å². The number of allylic oxidation sites excluding steroid dienone is 1. The van der Waals surface area contributed by atoms with Crippen LogP contribution in [-0.2, 0) is 4.74 Å². The molecule has 2 heteroatoms. The molecule has 0 aromatic carbocycles. The van der Waals surface area contributed by atoms with E-state index in [2.05, 4.69) is 18.3 Å². The second-order valence-electron chi connectivity index (χ2n) is 4.97. The number of hydrogen-bond donors (Lipinski definition) is 1. The van der Waals surface area contributed by atoms with E-state index >= 15 is 0 Å². The van der Waals surface area contributed by atoms with Crippen molar-refractivity contribution in [3.05, 3.63) is 11.6 Å². The minimum atomic E-state index is 0.429. The fraction of sp³-hybridized carbons (Fsp3) is 0.857. The summed E-state index contributed by atoms with van der Waals surface area (Å²) < 4.78 is 5.94. The Morgan fingerprint density at radius 2 is 2.31 bits per heavy atom. The monoisotopic (exact) mass is 223 g/mol. The molecule has 1 fully saturated rings. The molecule has 0 aromatic heterocycles. The van der Waals surface area contributed by atoms with Gasteiger partial charge in [0, 0.05) is 6.61 Å². The first-order valence-corrected chi connectivity index (χ1v) is 6.95. The molecule has 2 unspecified atom stereocenters. The lowest BCUT2D eigenvalue weighted by atomic mass is 9.88. The highest BCUT2D eigenvalue weighted by Crippen LogP contribution is 2.26. The lowest BCUT2D eigenvalue weighted by Crippen LogP contribution is -2.44. The van der Waals surface area contributed by atoms with Crippen LogP contribution >= 0.6 is 0 Å². The Labute approximate surface area is 99.4 Å². The zero-order chi connectivity index (χ0) is 11.2. The van der Waals surface area contributed by atoms with Crippen LogP contribution in [0.25, 0.3) is 0 Å². The first-order valence-electron chi connectivity index (χ1n) is 6.95. The zero-order valence-electron chi connectivity index (χ0n) is 10.5. The minimum absolute atomic E-state index is 0.429. The van der Waals surface area contributed by atoms with E-state index in [-0.39, 0.29) is 0 Å². The Balaban J connectivity index is 1.99. The van der Waals surface area contributed by atoms with Crippen molar-refractivity contribution in [1.82, 2.24) is 5.32 Å². The summed E-state index contributed by atoms with van der Waals surface area (Å²) in [5.41, 5.74) is 1.61. The predicted molar refractivity (Wildman–Crippen MR) is 67.6 cm³/mol. The maximum Gasteiger partial charge on any atom is 0.0766 e. The molecule has 1 N–H and O–H groups in total. The molecule has 0 amide bonds. The van der Waals surface area contributed by atoms with E-state index in [1.807, 2.05) is 0 Å². The molecule has 92 valence electrons. The topological polar surface area (TPSA) is 21.3 Å². The van der Waals surface area contributed by atoms with Crippen molar-refractivity contribution in [3.8, 4) is 0 Å². The third-order valence-electron chi connectivity index (χ3n) is 3.74. The highest BCUT2D eigenvalue weighted by Gasteiger charge is 2.27. The number of likely N-dealkylation sites (N-methyl/N-ethyl adjacent to an activating group) is 1. The molecule has 0 bridgehead atoms. The highest BCUT2D eigenvalue weighted by atomic mass is 16.5. The van der Waals surface area contributed by atoms with Crippen LogP contribution < -0.4 is 5.32 Å². The van der Waals surface area contributed by atoms with Gasteiger partial charge in [0.15, 0.2) is 0 Å². The molecule has 0 spiro atoms. The lowest BCUT2D eigenvalue weighted by molar-refractivity contribution is -0.000533. The molecule has 0 radical (unpaired) electrons. The fourth-order valence-corrected chi connectivity index (χ4v) is 2.90. The normalized spacial score (nSPS) is 28.6. The maximum atomic E-state index is 5.94. The van der Waals surface area contributed by atoms with Gasteiger partial charge in [0.2, 0.25) is 0 Å². The van der Waals surface area contributed by atoms with Gasteiger partial charge in [-0.1, -0.05) is 18.6 Å². The average Bonchev–Trinajstić information content (AvgIpc) is 2.38. The first-order chi connectivity index (χ1) is 7.92. The molecule has 1 aliphatic heterocycles. The molecule has 1 saturated heterocycles. The zero-order valence-corrected chi connectivity index (χ0v) is 10.5. The smallest absolute Gasteiger partial charge is 0.0766 e. The van der Waals surface area contributed by atoms with Gasteiger partial charge in [-0.05, 0) is 51.5 Å². The van der Waals surface area contributed by atoms with E-state index < -0.39 is 0 Å². The van der Waals surface area contributed by atoms with E-state index in [0.717, 1.165) is 13.2 Å². The third kappa shape index (κ3) is 3.08. The molecule has 2 aliphatic rings. The maximum absolute atomic E-state index is 5.94. The van der Waals surface area contributed by atoms with E-state index in [0.29, 0.717) is 12.1 Å². The van der Waals surface area contributed by atoms with Gasteiger partial charge in [0.25, 0.3) is 0 Å². The molecule has 2 rings (SSSR count). The van der Waals surface area contributed by atoms with E-state index in [1.54, 1.807) is 5.57 Å². The summed E-state index contributed by atoms with van der Waals surface area (Å²) in [4.78, 5) is 0. The summed E-state index contributed by atoms with van der Waals surface area (Å²) in [6.07, 6.45) is 12.0. The lowest BCUT2D eigenvalue weighted by Gasteiger charge is -2.34. The van der Waals surface area contributed by atoms with E-state index in [4.69, 9.17) is 4.74 Å². The van der Waals surface area contributed by atoms with Gasteiger partial charge in [0.1, 0.15) is 0 Å². The van der Waals surface area contributed by atoms with Crippen molar-refractivity contribution >= 4 is 0 Å². The largest absolute Gasteiger partial charge is 0.376 e. The number of nitrogens with one attached hydrogen (secondary N) is 1. The summed E-state index contributed by atoms with van der Waals surface area (Å²) in [6, 6.07) is 0.491.